The van der Waals surface area contributed by atoms with Gasteiger partial charge in [0.15, 0.2) is 0 Å². The van der Waals surface area contributed by atoms with E-state index in [9.17, 15) is 18.3 Å². The van der Waals surface area contributed by atoms with Crippen molar-refractivity contribution in [3.8, 4) is 5.75 Å². The molecule has 0 aromatic heterocycles. The Kier molecular flexibility index (Phi) is 6.23. The van der Waals surface area contributed by atoms with E-state index < -0.39 is 16.0 Å². The molecule has 2 N–H and O–H groups in total. The zero-order valence-electron chi connectivity index (χ0n) is 14.9. The number of methoxy groups -OCH3 is 1. The fourth-order valence-electron chi connectivity index (χ4n) is 2.58. The molecule has 2 rings (SSSR count). The number of benzene rings is 2. The number of carboxylic acid groups (broad SMARTS) is 1. The Bertz CT molecular complexity index is 892. The van der Waals surface area contributed by atoms with Crippen molar-refractivity contribution in [1.82, 2.24) is 4.31 Å². The minimum Gasteiger partial charge on any atom is -0.495 e. The first-order chi connectivity index (χ1) is 12.3. The van der Waals surface area contributed by atoms with E-state index in [1.807, 2.05) is 0 Å². The quantitative estimate of drug-likeness (QED) is 0.732. The highest BCUT2D eigenvalue weighted by atomic mass is 32.2. The average molecular weight is 378 g/mol. The SMILES string of the molecule is CCN(CC)S(=O)(=O)c1ccc(Nc2ccccc2OC)c(C(=O)O)c1. The predicted molar refractivity (Wildman–Crippen MR) is 99.8 cm³/mol. The molecule has 0 heterocycles. The van der Waals surface area contributed by atoms with Gasteiger partial charge in [-0.25, -0.2) is 13.2 Å². The molecule has 7 nitrogen and oxygen atoms in total. The minimum atomic E-state index is -3.74. The lowest BCUT2D eigenvalue weighted by Gasteiger charge is -2.19. The molecule has 0 aliphatic carbocycles. The number of carboxylic acids is 1. The Labute approximate surface area is 153 Å². The maximum atomic E-state index is 12.6. The number of nitrogens with one attached hydrogen (secondary N) is 1. The summed E-state index contributed by atoms with van der Waals surface area (Å²) in [5, 5.41) is 12.5. The second-order valence-electron chi connectivity index (χ2n) is 5.43. The highest BCUT2D eigenvalue weighted by Gasteiger charge is 2.24. The van der Waals surface area contributed by atoms with E-state index >= 15 is 0 Å². The van der Waals surface area contributed by atoms with Crippen LogP contribution >= 0.6 is 0 Å². The van der Waals surface area contributed by atoms with Crippen LogP contribution < -0.4 is 10.1 Å². The number of hydrogen-bond acceptors (Lipinski definition) is 5. The summed E-state index contributed by atoms with van der Waals surface area (Å²) in [7, 11) is -2.23. The number of anilines is 2. The molecule has 0 spiro atoms. The van der Waals surface area contributed by atoms with Crippen LogP contribution in [0, 0.1) is 0 Å². The van der Waals surface area contributed by atoms with E-state index in [-0.39, 0.29) is 16.1 Å². The van der Waals surface area contributed by atoms with Crippen molar-refractivity contribution in [1.29, 1.82) is 0 Å². The van der Waals surface area contributed by atoms with Gasteiger partial charge in [-0.1, -0.05) is 26.0 Å². The van der Waals surface area contributed by atoms with Crippen molar-refractivity contribution in [2.45, 2.75) is 18.7 Å². The van der Waals surface area contributed by atoms with Crippen molar-refractivity contribution < 1.29 is 23.1 Å². The highest BCUT2D eigenvalue weighted by molar-refractivity contribution is 7.89. The number of rotatable bonds is 8. The van der Waals surface area contributed by atoms with Gasteiger partial charge < -0.3 is 15.2 Å². The lowest BCUT2D eigenvalue weighted by molar-refractivity contribution is 0.0697. The summed E-state index contributed by atoms with van der Waals surface area (Å²) in [6.07, 6.45) is 0. The largest absolute Gasteiger partial charge is 0.495 e. The summed E-state index contributed by atoms with van der Waals surface area (Å²) in [6, 6.07) is 11.1. The van der Waals surface area contributed by atoms with Crippen LogP contribution in [0.4, 0.5) is 11.4 Å². The van der Waals surface area contributed by atoms with Crippen LogP contribution in [-0.4, -0.2) is 44.0 Å². The Morgan fingerprint density at radius 2 is 1.77 bits per heavy atom. The molecular weight excluding hydrogens is 356 g/mol. The summed E-state index contributed by atoms with van der Waals surface area (Å²) in [6.45, 7) is 4.08. The van der Waals surface area contributed by atoms with Crippen molar-refractivity contribution in [2.24, 2.45) is 0 Å². The van der Waals surface area contributed by atoms with E-state index in [4.69, 9.17) is 4.74 Å². The van der Waals surface area contributed by atoms with E-state index in [0.717, 1.165) is 0 Å². The standard InChI is InChI=1S/C18H22N2O5S/c1-4-20(5-2)26(23,24)13-10-11-15(14(12-13)18(21)22)19-16-8-6-7-9-17(16)25-3/h6-12,19H,4-5H2,1-3H3,(H,21,22). The van der Waals surface area contributed by atoms with Crippen LogP contribution in [0.2, 0.25) is 0 Å². The predicted octanol–water partition coefficient (Wildman–Crippen LogP) is 3.17. The summed E-state index contributed by atoms with van der Waals surface area (Å²) in [5.41, 5.74) is 0.724. The number of para-hydroxylation sites is 2. The molecule has 0 radical (unpaired) electrons. The van der Waals surface area contributed by atoms with Gasteiger partial charge in [-0.05, 0) is 30.3 Å². The molecule has 0 fully saturated rings. The lowest BCUT2D eigenvalue weighted by Crippen LogP contribution is -2.30. The zero-order valence-corrected chi connectivity index (χ0v) is 15.7. The second-order valence-corrected chi connectivity index (χ2v) is 7.37. The fourth-order valence-corrected chi connectivity index (χ4v) is 4.06. The monoisotopic (exact) mass is 378 g/mol. The van der Waals surface area contributed by atoms with E-state index in [0.29, 0.717) is 24.5 Å². The third-order valence-corrected chi connectivity index (χ3v) is 5.99. The normalized spacial score (nSPS) is 11.4. The first-order valence-electron chi connectivity index (χ1n) is 8.12. The third-order valence-electron chi connectivity index (χ3n) is 3.94. The fraction of sp³-hybridized carbons (Fsp3) is 0.278. The molecule has 0 saturated heterocycles. The molecule has 0 aliphatic rings. The molecule has 2 aromatic rings. The van der Waals surface area contributed by atoms with Gasteiger partial charge in [0.1, 0.15) is 5.75 Å². The Morgan fingerprint density at radius 3 is 2.35 bits per heavy atom. The summed E-state index contributed by atoms with van der Waals surface area (Å²) < 4.78 is 31.8. The smallest absolute Gasteiger partial charge is 0.337 e. The van der Waals surface area contributed by atoms with Crippen LogP contribution in [0.1, 0.15) is 24.2 Å². The van der Waals surface area contributed by atoms with Gasteiger partial charge in [0.05, 0.1) is 28.9 Å². The lowest BCUT2D eigenvalue weighted by atomic mass is 10.1. The van der Waals surface area contributed by atoms with Gasteiger partial charge in [0, 0.05) is 13.1 Å². The van der Waals surface area contributed by atoms with Crippen molar-refractivity contribution in [3.63, 3.8) is 0 Å². The van der Waals surface area contributed by atoms with Gasteiger partial charge in [-0.2, -0.15) is 4.31 Å². The molecule has 0 aliphatic heterocycles. The minimum absolute atomic E-state index is 0.0517. The van der Waals surface area contributed by atoms with Crippen molar-refractivity contribution in [3.05, 3.63) is 48.0 Å². The topological polar surface area (TPSA) is 95.9 Å². The van der Waals surface area contributed by atoms with Crippen LogP contribution in [0.5, 0.6) is 5.75 Å². The highest BCUT2D eigenvalue weighted by Crippen LogP contribution is 2.30. The first kappa shape index (κ1) is 19.7. The van der Waals surface area contributed by atoms with Crippen molar-refractivity contribution >= 4 is 27.4 Å². The van der Waals surface area contributed by atoms with Gasteiger partial charge in [-0.15, -0.1) is 0 Å². The van der Waals surface area contributed by atoms with Gasteiger partial charge in [0.25, 0.3) is 0 Å². The van der Waals surface area contributed by atoms with Gasteiger partial charge in [0.2, 0.25) is 10.0 Å². The van der Waals surface area contributed by atoms with Crippen LogP contribution in [0.3, 0.4) is 0 Å². The van der Waals surface area contributed by atoms with Crippen molar-refractivity contribution in [2.75, 3.05) is 25.5 Å². The molecule has 0 saturated carbocycles. The van der Waals surface area contributed by atoms with Gasteiger partial charge >= 0.3 is 5.97 Å². The Balaban J connectivity index is 2.49. The van der Waals surface area contributed by atoms with Crippen LogP contribution in [-0.2, 0) is 10.0 Å². The zero-order chi connectivity index (χ0) is 19.3. The molecule has 0 atom stereocenters. The molecule has 0 unspecified atom stereocenters. The molecule has 0 amide bonds. The van der Waals surface area contributed by atoms with Crippen LogP contribution in [0.25, 0.3) is 0 Å². The number of aromatic carboxylic acids is 1. The average Bonchev–Trinajstić information content (AvgIpc) is 2.63. The van der Waals surface area contributed by atoms with E-state index in [1.165, 1.54) is 29.6 Å². The third kappa shape index (κ3) is 3.97. The number of carbonyl (C=O) groups is 1. The summed E-state index contributed by atoms with van der Waals surface area (Å²) in [4.78, 5) is 11.6. The number of hydrogen-bond donors (Lipinski definition) is 2. The Hall–Kier alpha value is -2.58. The van der Waals surface area contributed by atoms with E-state index in [1.54, 1.807) is 38.1 Å². The molecular formula is C18H22N2O5S. The summed E-state index contributed by atoms with van der Waals surface area (Å²) in [5.74, 6) is -0.678. The second kappa shape index (κ2) is 8.20. The Morgan fingerprint density at radius 1 is 1.12 bits per heavy atom. The molecule has 0 bridgehead atoms. The first-order valence-corrected chi connectivity index (χ1v) is 9.56. The molecule has 26 heavy (non-hydrogen) atoms. The van der Waals surface area contributed by atoms with Gasteiger partial charge in [-0.3, -0.25) is 0 Å². The number of sulfonamides is 1. The molecule has 140 valence electrons. The summed E-state index contributed by atoms with van der Waals surface area (Å²) >= 11 is 0. The number of ether oxygens (including phenoxy) is 1. The maximum absolute atomic E-state index is 12.6. The van der Waals surface area contributed by atoms with Crippen LogP contribution in [0.15, 0.2) is 47.4 Å². The maximum Gasteiger partial charge on any atom is 0.337 e. The molecule has 2 aromatic carbocycles. The van der Waals surface area contributed by atoms with E-state index in [2.05, 4.69) is 5.32 Å². The molecule has 8 heteroatoms. The number of nitrogens with zero attached hydrogens (tertiary/aromatic N) is 1.